The van der Waals surface area contributed by atoms with Gasteiger partial charge < -0.3 is 4.74 Å². The standard InChI is InChI=1S/C10H7FO2S/c1-13-10-4-6-2-8(11)7(5-12)3-9(6)14-10/h2-5H,1H3. The molecule has 2 nitrogen and oxygen atoms in total. The zero-order valence-corrected chi connectivity index (χ0v) is 8.23. The Morgan fingerprint density at radius 2 is 2.21 bits per heavy atom. The lowest BCUT2D eigenvalue weighted by Gasteiger charge is -1.93. The number of halogens is 1. The summed E-state index contributed by atoms with van der Waals surface area (Å²) in [7, 11) is 1.56. The van der Waals surface area contributed by atoms with E-state index in [1.807, 2.05) is 0 Å². The van der Waals surface area contributed by atoms with Crippen molar-refractivity contribution >= 4 is 27.7 Å². The summed E-state index contributed by atoms with van der Waals surface area (Å²) in [4.78, 5) is 10.5. The lowest BCUT2D eigenvalue weighted by molar-refractivity contribution is 0.112. The maximum atomic E-state index is 13.2. The molecule has 0 saturated heterocycles. The molecule has 0 fully saturated rings. The van der Waals surface area contributed by atoms with E-state index in [1.165, 1.54) is 23.5 Å². The molecule has 0 bridgehead atoms. The van der Waals surface area contributed by atoms with Crippen LogP contribution in [0.5, 0.6) is 5.06 Å². The molecule has 0 aliphatic rings. The molecule has 0 unspecified atom stereocenters. The summed E-state index contributed by atoms with van der Waals surface area (Å²) >= 11 is 1.39. The molecule has 0 saturated carbocycles. The minimum absolute atomic E-state index is 0.0852. The highest BCUT2D eigenvalue weighted by atomic mass is 32.1. The van der Waals surface area contributed by atoms with E-state index >= 15 is 0 Å². The summed E-state index contributed by atoms with van der Waals surface area (Å²) in [6.45, 7) is 0. The summed E-state index contributed by atoms with van der Waals surface area (Å²) in [5.74, 6) is -0.493. The van der Waals surface area contributed by atoms with Gasteiger partial charge in [-0.05, 0) is 23.6 Å². The van der Waals surface area contributed by atoms with E-state index in [0.717, 1.165) is 10.1 Å². The van der Waals surface area contributed by atoms with E-state index in [0.29, 0.717) is 11.3 Å². The van der Waals surface area contributed by atoms with Crippen molar-refractivity contribution in [3.63, 3.8) is 0 Å². The number of aldehydes is 1. The quantitative estimate of drug-likeness (QED) is 0.712. The normalized spacial score (nSPS) is 10.4. The third-order valence-electron chi connectivity index (χ3n) is 1.94. The van der Waals surface area contributed by atoms with Crippen molar-refractivity contribution in [3.05, 3.63) is 29.6 Å². The molecule has 4 heteroatoms. The van der Waals surface area contributed by atoms with Gasteiger partial charge in [0.25, 0.3) is 0 Å². The van der Waals surface area contributed by atoms with E-state index in [-0.39, 0.29) is 5.56 Å². The van der Waals surface area contributed by atoms with E-state index in [9.17, 15) is 9.18 Å². The van der Waals surface area contributed by atoms with Gasteiger partial charge in [-0.3, -0.25) is 4.79 Å². The van der Waals surface area contributed by atoms with Crippen molar-refractivity contribution in [2.75, 3.05) is 7.11 Å². The smallest absolute Gasteiger partial charge is 0.174 e. The van der Waals surface area contributed by atoms with Crippen molar-refractivity contribution in [2.24, 2.45) is 0 Å². The number of rotatable bonds is 2. The van der Waals surface area contributed by atoms with Crippen molar-refractivity contribution in [1.82, 2.24) is 0 Å². The fraction of sp³-hybridized carbons (Fsp3) is 0.100. The Morgan fingerprint density at radius 1 is 1.43 bits per heavy atom. The van der Waals surface area contributed by atoms with Crippen LogP contribution in [0.1, 0.15) is 10.4 Å². The van der Waals surface area contributed by atoms with Crippen LogP contribution in [0, 0.1) is 5.82 Å². The Balaban J connectivity index is 2.69. The van der Waals surface area contributed by atoms with Crippen LogP contribution < -0.4 is 4.74 Å². The van der Waals surface area contributed by atoms with Gasteiger partial charge in [0.1, 0.15) is 5.82 Å². The highest BCUT2D eigenvalue weighted by Gasteiger charge is 2.07. The molecule has 14 heavy (non-hydrogen) atoms. The van der Waals surface area contributed by atoms with Crippen LogP contribution in [0.2, 0.25) is 0 Å². The number of ether oxygens (including phenoxy) is 1. The minimum Gasteiger partial charge on any atom is -0.487 e. The molecule has 72 valence electrons. The third-order valence-corrected chi connectivity index (χ3v) is 3.00. The van der Waals surface area contributed by atoms with Gasteiger partial charge in [-0.1, -0.05) is 11.3 Å². The Hall–Kier alpha value is -1.42. The lowest BCUT2D eigenvalue weighted by atomic mass is 10.2. The van der Waals surface area contributed by atoms with Gasteiger partial charge in [-0.15, -0.1) is 0 Å². The lowest BCUT2D eigenvalue weighted by Crippen LogP contribution is -1.85. The van der Waals surface area contributed by atoms with Gasteiger partial charge in [0.05, 0.1) is 12.7 Å². The van der Waals surface area contributed by atoms with Crippen LogP contribution in [0.3, 0.4) is 0 Å². The average Bonchev–Trinajstić information content (AvgIpc) is 2.58. The second-order valence-corrected chi connectivity index (χ2v) is 3.85. The van der Waals surface area contributed by atoms with Gasteiger partial charge >= 0.3 is 0 Å². The van der Waals surface area contributed by atoms with Crippen molar-refractivity contribution < 1.29 is 13.9 Å². The number of carbonyl (C=O) groups is 1. The van der Waals surface area contributed by atoms with Crippen molar-refractivity contribution in [3.8, 4) is 5.06 Å². The van der Waals surface area contributed by atoms with Crippen LogP contribution >= 0.6 is 11.3 Å². The molecular formula is C10H7FO2S. The zero-order valence-electron chi connectivity index (χ0n) is 7.41. The van der Waals surface area contributed by atoms with Crippen LogP contribution in [0.25, 0.3) is 10.1 Å². The molecule has 0 spiro atoms. The zero-order chi connectivity index (χ0) is 10.1. The van der Waals surface area contributed by atoms with E-state index in [1.54, 1.807) is 13.2 Å². The topological polar surface area (TPSA) is 26.3 Å². The van der Waals surface area contributed by atoms with E-state index in [4.69, 9.17) is 4.74 Å². The average molecular weight is 210 g/mol. The maximum absolute atomic E-state index is 13.2. The summed E-state index contributed by atoms with van der Waals surface area (Å²) < 4.78 is 19.0. The van der Waals surface area contributed by atoms with Crippen LogP contribution in [-0.4, -0.2) is 13.4 Å². The number of hydrogen-bond donors (Lipinski definition) is 0. The highest BCUT2D eigenvalue weighted by molar-refractivity contribution is 7.20. The van der Waals surface area contributed by atoms with E-state index in [2.05, 4.69) is 0 Å². The van der Waals surface area contributed by atoms with Gasteiger partial charge in [0.2, 0.25) is 0 Å². The van der Waals surface area contributed by atoms with Gasteiger partial charge in [-0.25, -0.2) is 4.39 Å². The molecule has 1 heterocycles. The number of methoxy groups -OCH3 is 1. The number of benzene rings is 1. The molecule has 0 atom stereocenters. The minimum atomic E-state index is -0.493. The number of thiophene rings is 1. The molecule has 0 N–H and O–H groups in total. The molecule has 2 rings (SSSR count). The predicted molar refractivity (Wildman–Crippen MR) is 53.7 cm³/mol. The Bertz CT molecular complexity index is 490. The highest BCUT2D eigenvalue weighted by Crippen LogP contribution is 2.32. The predicted octanol–water partition coefficient (Wildman–Crippen LogP) is 2.86. The van der Waals surface area contributed by atoms with Crippen molar-refractivity contribution in [2.45, 2.75) is 0 Å². The Labute approximate surface area is 83.9 Å². The summed E-state index contributed by atoms with van der Waals surface area (Å²) in [6.07, 6.45) is 0.515. The Kier molecular flexibility index (Phi) is 2.21. The van der Waals surface area contributed by atoms with Gasteiger partial charge in [0.15, 0.2) is 11.3 Å². The molecule has 0 radical (unpaired) electrons. The molecule has 0 amide bonds. The number of fused-ring (bicyclic) bond motifs is 1. The molecule has 0 aliphatic carbocycles. The fourth-order valence-corrected chi connectivity index (χ4v) is 2.15. The largest absolute Gasteiger partial charge is 0.487 e. The first-order valence-corrected chi connectivity index (χ1v) is 4.78. The molecule has 1 aromatic heterocycles. The number of hydrogen-bond acceptors (Lipinski definition) is 3. The van der Waals surface area contributed by atoms with Crippen molar-refractivity contribution in [1.29, 1.82) is 0 Å². The first-order chi connectivity index (χ1) is 6.74. The Morgan fingerprint density at radius 3 is 2.86 bits per heavy atom. The maximum Gasteiger partial charge on any atom is 0.174 e. The summed E-state index contributed by atoms with van der Waals surface area (Å²) in [5, 5.41) is 1.47. The second kappa shape index (κ2) is 3.38. The van der Waals surface area contributed by atoms with Gasteiger partial charge in [0, 0.05) is 4.70 Å². The first-order valence-electron chi connectivity index (χ1n) is 3.97. The SMILES string of the molecule is COc1cc2cc(F)c(C=O)cc2s1. The first kappa shape index (κ1) is 9.15. The fourth-order valence-electron chi connectivity index (χ4n) is 1.24. The van der Waals surface area contributed by atoms with E-state index < -0.39 is 5.82 Å². The second-order valence-electron chi connectivity index (χ2n) is 2.80. The molecular weight excluding hydrogens is 203 g/mol. The summed E-state index contributed by atoms with van der Waals surface area (Å²) in [6, 6.07) is 4.63. The molecule has 0 aliphatic heterocycles. The molecule has 1 aromatic carbocycles. The third kappa shape index (κ3) is 1.37. The van der Waals surface area contributed by atoms with Crippen LogP contribution in [0.4, 0.5) is 4.39 Å². The monoisotopic (exact) mass is 210 g/mol. The molecule has 2 aromatic rings. The van der Waals surface area contributed by atoms with Crippen LogP contribution in [-0.2, 0) is 0 Å². The van der Waals surface area contributed by atoms with Gasteiger partial charge in [-0.2, -0.15) is 0 Å². The summed E-state index contributed by atoms with van der Waals surface area (Å²) in [5.41, 5.74) is 0.0852. The number of carbonyl (C=O) groups excluding carboxylic acids is 1. The van der Waals surface area contributed by atoms with Crippen LogP contribution in [0.15, 0.2) is 18.2 Å².